The molecule has 0 radical (unpaired) electrons. The molecule has 1 aliphatic rings. The Morgan fingerprint density at radius 3 is 2.40 bits per heavy atom. The van der Waals surface area contributed by atoms with Crippen LogP contribution in [0.4, 0.5) is 0 Å². The van der Waals surface area contributed by atoms with Crippen LogP contribution in [-0.2, 0) is 10.0 Å². The van der Waals surface area contributed by atoms with E-state index in [-0.39, 0.29) is 16.8 Å². The smallest absolute Gasteiger partial charge is 0.251 e. The highest BCUT2D eigenvalue weighted by Crippen LogP contribution is 2.21. The van der Waals surface area contributed by atoms with Crippen molar-refractivity contribution < 1.29 is 17.9 Å². The molecule has 2 aromatic rings. The van der Waals surface area contributed by atoms with Gasteiger partial charge in [-0.1, -0.05) is 18.2 Å². The molecule has 0 aliphatic carbocycles. The summed E-state index contributed by atoms with van der Waals surface area (Å²) in [4.78, 5) is 15.0. The van der Waals surface area contributed by atoms with E-state index in [9.17, 15) is 13.2 Å². The first-order valence-corrected chi connectivity index (χ1v) is 11.6. The lowest BCUT2D eigenvalue weighted by Crippen LogP contribution is -2.47. The molecular weight excluding hydrogens is 402 g/mol. The fourth-order valence-corrected chi connectivity index (χ4v) is 4.83. The quantitative estimate of drug-likeness (QED) is 0.729. The van der Waals surface area contributed by atoms with Gasteiger partial charge in [0.05, 0.1) is 17.5 Å². The van der Waals surface area contributed by atoms with E-state index in [1.54, 1.807) is 18.2 Å². The van der Waals surface area contributed by atoms with E-state index in [1.165, 1.54) is 10.4 Å². The number of piperazine rings is 1. The van der Waals surface area contributed by atoms with E-state index in [0.29, 0.717) is 38.3 Å². The second-order valence-electron chi connectivity index (χ2n) is 7.43. The van der Waals surface area contributed by atoms with Gasteiger partial charge in [0.1, 0.15) is 5.75 Å². The summed E-state index contributed by atoms with van der Waals surface area (Å²) in [6, 6.07) is 13.5. The number of sulfonamides is 1. The van der Waals surface area contributed by atoms with Crippen LogP contribution in [0.15, 0.2) is 53.4 Å². The molecule has 162 valence electrons. The largest absolute Gasteiger partial charge is 0.494 e. The lowest BCUT2D eigenvalue weighted by atomic mass is 10.1. The highest BCUT2D eigenvalue weighted by molar-refractivity contribution is 7.89. The summed E-state index contributed by atoms with van der Waals surface area (Å²) in [6.07, 6.45) is 0. The maximum Gasteiger partial charge on any atom is 0.251 e. The zero-order chi connectivity index (χ0) is 21.7. The number of benzene rings is 2. The van der Waals surface area contributed by atoms with Crippen LogP contribution in [0.2, 0.25) is 0 Å². The van der Waals surface area contributed by atoms with Crippen LogP contribution in [0.25, 0.3) is 0 Å². The molecule has 1 aliphatic heterocycles. The number of hydrogen-bond acceptors (Lipinski definition) is 5. The van der Waals surface area contributed by atoms with Crippen LogP contribution in [0.5, 0.6) is 5.75 Å². The number of nitrogens with zero attached hydrogens (tertiary/aromatic N) is 2. The van der Waals surface area contributed by atoms with Gasteiger partial charge in [-0.25, -0.2) is 8.42 Å². The van der Waals surface area contributed by atoms with Crippen molar-refractivity contribution in [3.8, 4) is 5.75 Å². The summed E-state index contributed by atoms with van der Waals surface area (Å²) in [5.41, 5.74) is 1.26. The minimum Gasteiger partial charge on any atom is -0.494 e. The van der Waals surface area contributed by atoms with Crippen LogP contribution >= 0.6 is 0 Å². The molecule has 0 bridgehead atoms. The highest BCUT2D eigenvalue weighted by atomic mass is 32.2. The number of rotatable bonds is 7. The third-order valence-electron chi connectivity index (χ3n) is 5.23. The SMILES string of the molecule is CCOc1ccc(C(C)NC(=O)c2cccc(S(=O)(=O)N3CCN(C)CC3)c2)cc1. The number of hydrogen-bond donors (Lipinski definition) is 1. The van der Waals surface area contributed by atoms with Gasteiger partial charge in [0.25, 0.3) is 5.91 Å². The fraction of sp³-hybridized carbons (Fsp3) is 0.409. The van der Waals surface area contributed by atoms with Crippen molar-refractivity contribution in [2.75, 3.05) is 39.8 Å². The Morgan fingerprint density at radius 1 is 1.10 bits per heavy atom. The molecule has 1 unspecified atom stereocenters. The third-order valence-corrected chi connectivity index (χ3v) is 7.13. The zero-order valence-electron chi connectivity index (χ0n) is 17.7. The second-order valence-corrected chi connectivity index (χ2v) is 9.37. The third kappa shape index (κ3) is 5.19. The van der Waals surface area contributed by atoms with Crippen molar-refractivity contribution in [2.45, 2.75) is 24.8 Å². The van der Waals surface area contributed by atoms with Crippen LogP contribution in [0.1, 0.15) is 35.8 Å². The van der Waals surface area contributed by atoms with Crippen molar-refractivity contribution >= 4 is 15.9 Å². The summed E-state index contributed by atoms with van der Waals surface area (Å²) in [7, 11) is -1.65. The number of carbonyl (C=O) groups excluding carboxylic acids is 1. The summed E-state index contributed by atoms with van der Waals surface area (Å²) in [5, 5.41) is 2.93. The maximum atomic E-state index is 13.0. The van der Waals surface area contributed by atoms with E-state index < -0.39 is 10.0 Å². The Labute approximate surface area is 178 Å². The van der Waals surface area contributed by atoms with E-state index in [2.05, 4.69) is 10.2 Å². The summed E-state index contributed by atoms with van der Waals surface area (Å²) < 4.78 is 32.8. The highest BCUT2D eigenvalue weighted by Gasteiger charge is 2.28. The van der Waals surface area contributed by atoms with Crippen LogP contribution in [0, 0.1) is 0 Å². The summed E-state index contributed by atoms with van der Waals surface area (Å²) >= 11 is 0. The minimum absolute atomic E-state index is 0.147. The van der Waals surface area contributed by atoms with Gasteiger partial charge < -0.3 is 15.0 Å². The van der Waals surface area contributed by atoms with Gasteiger partial charge in [-0.15, -0.1) is 0 Å². The second kappa shape index (κ2) is 9.59. The molecule has 3 rings (SSSR count). The minimum atomic E-state index is -3.62. The molecule has 0 spiro atoms. The molecule has 8 heteroatoms. The van der Waals surface area contributed by atoms with Crippen LogP contribution < -0.4 is 10.1 Å². The van der Waals surface area contributed by atoms with Crippen LogP contribution in [-0.4, -0.2) is 63.4 Å². The number of nitrogens with one attached hydrogen (secondary N) is 1. The van der Waals surface area contributed by atoms with Crippen molar-refractivity contribution in [3.63, 3.8) is 0 Å². The van der Waals surface area contributed by atoms with Crippen molar-refractivity contribution in [1.82, 2.24) is 14.5 Å². The Morgan fingerprint density at radius 2 is 1.77 bits per heavy atom. The first-order chi connectivity index (χ1) is 14.3. The van der Waals surface area contributed by atoms with Crippen molar-refractivity contribution in [1.29, 1.82) is 0 Å². The topological polar surface area (TPSA) is 78.9 Å². The summed E-state index contributed by atoms with van der Waals surface area (Å²) in [5.74, 6) is 0.466. The Balaban J connectivity index is 1.71. The van der Waals surface area contributed by atoms with E-state index in [1.807, 2.05) is 45.2 Å². The van der Waals surface area contributed by atoms with Crippen LogP contribution in [0.3, 0.4) is 0 Å². The molecular formula is C22H29N3O4S. The monoisotopic (exact) mass is 431 g/mol. The molecule has 7 nitrogen and oxygen atoms in total. The molecule has 0 saturated carbocycles. The van der Waals surface area contributed by atoms with Gasteiger partial charge in [-0.05, 0) is 56.8 Å². The molecule has 1 amide bonds. The first-order valence-electron chi connectivity index (χ1n) is 10.1. The summed E-state index contributed by atoms with van der Waals surface area (Å²) in [6.45, 7) is 6.69. The predicted molar refractivity (Wildman–Crippen MR) is 116 cm³/mol. The molecule has 2 aromatic carbocycles. The Hall–Kier alpha value is -2.42. The van der Waals surface area contributed by atoms with Gasteiger partial charge in [0.15, 0.2) is 0 Å². The lowest BCUT2D eigenvalue weighted by molar-refractivity contribution is 0.0939. The molecule has 1 N–H and O–H groups in total. The van der Waals surface area contributed by atoms with E-state index in [4.69, 9.17) is 4.74 Å². The average molecular weight is 432 g/mol. The number of ether oxygens (including phenoxy) is 1. The number of amides is 1. The fourth-order valence-electron chi connectivity index (χ4n) is 3.36. The number of carbonyl (C=O) groups is 1. The van der Waals surface area contributed by atoms with Gasteiger partial charge in [0.2, 0.25) is 10.0 Å². The Kier molecular flexibility index (Phi) is 7.12. The normalized spacial score (nSPS) is 16.8. The van der Waals surface area contributed by atoms with Crippen molar-refractivity contribution in [3.05, 3.63) is 59.7 Å². The van der Waals surface area contributed by atoms with Gasteiger partial charge in [0, 0.05) is 31.7 Å². The van der Waals surface area contributed by atoms with Gasteiger partial charge >= 0.3 is 0 Å². The maximum absolute atomic E-state index is 13.0. The standard InChI is InChI=1S/C22H29N3O4S/c1-4-29-20-10-8-18(9-11-20)17(2)23-22(26)19-6-5-7-21(16-19)30(27,28)25-14-12-24(3)13-15-25/h5-11,16-17H,4,12-15H2,1-3H3,(H,23,26). The molecule has 1 atom stereocenters. The number of likely N-dealkylation sites (N-methyl/N-ethyl adjacent to an activating group) is 1. The average Bonchev–Trinajstić information content (AvgIpc) is 2.75. The molecule has 1 heterocycles. The molecule has 0 aromatic heterocycles. The Bertz CT molecular complexity index is 968. The molecule has 30 heavy (non-hydrogen) atoms. The van der Waals surface area contributed by atoms with Crippen molar-refractivity contribution in [2.24, 2.45) is 0 Å². The first kappa shape index (κ1) is 22.3. The van der Waals surface area contributed by atoms with E-state index in [0.717, 1.165) is 11.3 Å². The van der Waals surface area contributed by atoms with E-state index >= 15 is 0 Å². The van der Waals surface area contributed by atoms with Gasteiger partial charge in [-0.2, -0.15) is 4.31 Å². The predicted octanol–water partition coefficient (Wildman–Crippen LogP) is 2.51. The lowest BCUT2D eigenvalue weighted by Gasteiger charge is -2.31. The zero-order valence-corrected chi connectivity index (χ0v) is 18.5. The molecule has 1 saturated heterocycles. The molecule has 1 fully saturated rings. The van der Waals surface area contributed by atoms with Gasteiger partial charge in [-0.3, -0.25) is 4.79 Å².